The molecule has 0 atom stereocenters. The van der Waals surface area contributed by atoms with E-state index in [0.717, 1.165) is 5.56 Å². The van der Waals surface area contributed by atoms with E-state index in [1.807, 2.05) is 6.92 Å². The standard InChI is InChI=1S/C26H28FN7O3S/c1-14-18(12-30-24-23(14)29-8-9-37-24)17-11-20-19(22(28)21(17)27)13-31-25(33-20)32-15-6-5-7-16(10-15)38(35,36)34-26(2,3)4/h5-7,10-13,29,34H,8-9,28H2,1-4H3,(H,31,32,33). The first-order valence-electron chi connectivity index (χ1n) is 12.0. The largest absolute Gasteiger partial charge is 0.474 e. The SMILES string of the molecule is Cc1c(-c2cc3nc(Nc4cccc(S(=O)(=O)NC(C)(C)C)c4)ncc3c(N)c2F)cnc2c1NCCO2. The van der Waals surface area contributed by atoms with Crippen LogP contribution < -0.4 is 25.8 Å². The summed E-state index contributed by atoms with van der Waals surface area (Å²) in [5.41, 5.74) is 8.63. The van der Waals surface area contributed by atoms with Crippen LogP contribution in [0.5, 0.6) is 5.88 Å². The fraction of sp³-hybridized carbons (Fsp3) is 0.269. The average molecular weight is 538 g/mol. The number of rotatable bonds is 5. The molecule has 0 fully saturated rings. The minimum absolute atomic E-state index is 0.0771. The molecule has 2 aromatic heterocycles. The van der Waals surface area contributed by atoms with Gasteiger partial charge in [-0.2, -0.15) is 0 Å². The number of hydrogen-bond acceptors (Lipinski definition) is 9. The molecule has 5 N–H and O–H groups in total. The van der Waals surface area contributed by atoms with Crippen LogP contribution in [0.3, 0.4) is 0 Å². The fourth-order valence-corrected chi connectivity index (χ4v) is 5.72. The van der Waals surface area contributed by atoms with Crippen LogP contribution >= 0.6 is 0 Å². The Morgan fingerprint density at radius 3 is 2.68 bits per heavy atom. The van der Waals surface area contributed by atoms with Gasteiger partial charge in [-0.05, 0) is 57.5 Å². The number of pyridine rings is 1. The number of benzene rings is 2. The maximum atomic E-state index is 15.4. The molecule has 1 aliphatic rings. The second kappa shape index (κ2) is 9.37. The van der Waals surface area contributed by atoms with Crippen LogP contribution in [0.1, 0.15) is 26.3 Å². The second-order valence-corrected chi connectivity index (χ2v) is 11.7. The van der Waals surface area contributed by atoms with Crippen molar-refractivity contribution in [2.24, 2.45) is 0 Å². The zero-order valence-electron chi connectivity index (χ0n) is 21.4. The highest BCUT2D eigenvalue weighted by molar-refractivity contribution is 7.89. The first-order valence-corrected chi connectivity index (χ1v) is 13.4. The fourth-order valence-electron chi connectivity index (χ4n) is 4.26. The Hall–Kier alpha value is -4.03. The van der Waals surface area contributed by atoms with Crippen LogP contribution in [0.15, 0.2) is 47.6 Å². The number of ether oxygens (including phenoxy) is 1. The van der Waals surface area contributed by atoms with Gasteiger partial charge < -0.3 is 21.1 Å². The van der Waals surface area contributed by atoms with Gasteiger partial charge in [0.05, 0.1) is 16.1 Å². The van der Waals surface area contributed by atoms with Gasteiger partial charge in [-0.15, -0.1) is 0 Å². The molecule has 38 heavy (non-hydrogen) atoms. The van der Waals surface area contributed by atoms with Gasteiger partial charge in [0, 0.05) is 46.7 Å². The summed E-state index contributed by atoms with van der Waals surface area (Å²) < 4.78 is 49.1. The molecule has 0 amide bonds. The Bertz CT molecular complexity index is 1670. The molecule has 0 unspecified atom stereocenters. The van der Waals surface area contributed by atoms with Crippen LogP contribution in [0.25, 0.3) is 22.0 Å². The molecule has 2 aromatic carbocycles. The minimum atomic E-state index is -3.73. The van der Waals surface area contributed by atoms with E-state index < -0.39 is 21.4 Å². The van der Waals surface area contributed by atoms with Crippen molar-refractivity contribution in [2.45, 2.75) is 38.1 Å². The van der Waals surface area contributed by atoms with Crippen LogP contribution in [0, 0.1) is 12.7 Å². The quantitative estimate of drug-likeness (QED) is 0.273. The lowest BCUT2D eigenvalue weighted by Crippen LogP contribution is -2.40. The molecule has 10 nitrogen and oxygen atoms in total. The number of halogens is 1. The minimum Gasteiger partial charge on any atom is -0.474 e. The number of nitrogens with two attached hydrogens (primary N) is 1. The Morgan fingerprint density at radius 2 is 1.92 bits per heavy atom. The highest BCUT2D eigenvalue weighted by Gasteiger charge is 2.23. The average Bonchev–Trinajstić information content (AvgIpc) is 2.86. The highest BCUT2D eigenvalue weighted by Crippen LogP contribution is 2.39. The van der Waals surface area contributed by atoms with E-state index in [0.29, 0.717) is 46.9 Å². The summed E-state index contributed by atoms with van der Waals surface area (Å²) >= 11 is 0. The lowest BCUT2D eigenvalue weighted by atomic mass is 9.98. The molecule has 0 saturated heterocycles. The molecule has 5 rings (SSSR count). The van der Waals surface area contributed by atoms with Gasteiger partial charge in [-0.25, -0.2) is 32.5 Å². The molecule has 4 aromatic rings. The molecular weight excluding hydrogens is 509 g/mol. The van der Waals surface area contributed by atoms with Gasteiger partial charge in [0.15, 0.2) is 5.82 Å². The van der Waals surface area contributed by atoms with Gasteiger partial charge >= 0.3 is 0 Å². The third-order valence-electron chi connectivity index (χ3n) is 5.94. The molecule has 3 heterocycles. The first-order chi connectivity index (χ1) is 17.9. The molecule has 0 saturated carbocycles. The topological polar surface area (TPSA) is 144 Å². The Labute approximate surface area is 219 Å². The predicted molar refractivity (Wildman–Crippen MR) is 146 cm³/mol. The first kappa shape index (κ1) is 25.6. The smallest absolute Gasteiger partial charge is 0.241 e. The summed E-state index contributed by atoms with van der Waals surface area (Å²) in [5, 5.41) is 6.64. The van der Waals surface area contributed by atoms with Crippen molar-refractivity contribution in [1.29, 1.82) is 0 Å². The van der Waals surface area contributed by atoms with E-state index in [9.17, 15) is 8.42 Å². The monoisotopic (exact) mass is 537 g/mol. The maximum absolute atomic E-state index is 15.4. The van der Waals surface area contributed by atoms with Crippen molar-refractivity contribution >= 4 is 43.9 Å². The summed E-state index contributed by atoms with van der Waals surface area (Å²) in [4.78, 5) is 13.2. The van der Waals surface area contributed by atoms with Crippen LogP contribution in [0.2, 0.25) is 0 Å². The highest BCUT2D eigenvalue weighted by atomic mass is 32.2. The number of anilines is 4. The van der Waals surface area contributed by atoms with Crippen molar-refractivity contribution in [3.63, 3.8) is 0 Å². The molecule has 0 bridgehead atoms. The third kappa shape index (κ3) is 4.92. The lowest BCUT2D eigenvalue weighted by molar-refractivity contribution is 0.310. The summed E-state index contributed by atoms with van der Waals surface area (Å²) in [6.07, 6.45) is 2.99. The van der Waals surface area contributed by atoms with E-state index >= 15 is 4.39 Å². The van der Waals surface area contributed by atoms with Crippen molar-refractivity contribution in [3.05, 3.63) is 54.1 Å². The Balaban J connectivity index is 1.52. The van der Waals surface area contributed by atoms with Gasteiger partial charge in [-0.1, -0.05) is 6.07 Å². The Kier molecular flexibility index (Phi) is 6.32. The van der Waals surface area contributed by atoms with Crippen molar-refractivity contribution in [3.8, 4) is 17.0 Å². The Morgan fingerprint density at radius 1 is 1.13 bits per heavy atom. The van der Waals surface area contributed by atoms with Crippen molar-refractivity contribution in [1.82, 2.24) is 19.7 Å². The number of sulfonamides is 1. The predicted octanol–water partition coefficient (Wildman–Crippen LogP) is 4.35. The van der Waals surface area contributed by atoms with Crippen molar-refractivity contribution in [2.75, 3.05) is 29.5 Å². The number of nitrogen functional groups attached to an aromatic ring is 1. The van der Waals surface area contributed by atoms with E-state index in [2.05, 4.69) is 30.3 Å². The zero-order chi connectivity index (χ0) is 27.2. The number of nitrogens with zero attached hydrogens (tertiary/aromatic N) is 3. The van der Waals surface area contributed by atoms with Crippen LogP contribution in [-0.2, 0) is 10.0 Å². The normalized spacial score (nSPS) is 13.5. The second-order valence-electron chi connectivity index (χ2n) is 10.0. The van der Waals surface area contributed by atoms with E-state index in [4.69, 9.17) is 10.5 Å². The van der Waals surface area contributed by atoms with Crippen molar-refractivity contribution < 1.29 is 17.5 Å². The maximum Gasteiger partial charge on any atom is 0.241 e. The van der Waals surface area contributed by atoms with Gasteiger partial charge in [0.1, 0.15) is 12.3 Å². The summed E-state index contributed by atoms with van der Waals surface area (Å²) in [5.74, 6) is 0.0817. The number of fused-ring (bicyclic) bond motifs is 2. The molecular formula is C26H28FN7O3S. The van der Waals surface area contributed by atoms with E-state index in [-0.39, 0.29) is 22.1 Å². The molecule has 0 spiro atoms. The van der Waals surface area contributed by atoms with Crippen LogP contribution in [0.4, 0.5) is 27.4 Å². The molecule has 0 aliphatic carbocycles. The number of aromatic nitrogens is 3. The number of nitrogens with one attached hydrogen (secondary N) is 3. The summed E-state index contributed by atoms with van der Waals surface area (Å²) in [6.45, 7) is 8.29. The number of hydrogen-bond donors (Lipinski definition) is 4. The molecule has 1 aliphatic heterocycles. The van der Waals surface area contributed by atoms with E-state index in [1.54, 1.807) is 45.2 Å². The van der Waals surface area contributed by atoms with E-state index in [1.165, 1.54) is 18.3 Å². The lowest BCUT2D eigenvalue weighted by Gasteiger charge is -2.22. The summed E-state index contributed by atoms with van der Waals surface area (Å²) in [7, 11) is -3.73. The summed E-state index contributed by atoms with van der Waals surface area (Å²) in [6, 6.07) is 7.91. The molecule has 0 radical (unpaired) electrons. The third-order valence-corrected chi connectivity index (χ3v) is 7.70. The van der Waals surface area contributed by atoms with Crippen LogP contribution in [-0.4, -0.2) is 42.1 Å². The molecule has 12 heteroatoms. The van der Waals surface area contributed by atoms with Gasteiger partial charge in [0.2, 0.25) is 21.9 Å². The van der Waals surface area contributed by atoms with Gasteiger partial charge in [-0.3, -0.25) is 0 Å². The molecule has 198 valence electrons. The van der Waals surface area contributed by atoms with Gasteiger partial charge in [0.25, 0.3) is 0 Å². The zero-order valence-corrected chi connectivity index (χ0v) is 22.2.